The fourth-order valence-corrected chi connectivity index (χ4v) is 1.48. The van der Waals surface area contributed by atoms with Crippen LogP contribution in [0.3, 0.4) is 0 Å². The van der Waals surface area contributed by atoms with Gasteiger partial charge in [-0.05, 0) is 6.07 Å². The number of rotatable bonds is 1. The number of fused-ring (bicyclic) bond motifs is 1. The Kier molecular flexibility index (Phi) is 2.63. The second kappa shape index (κ2) is 3.97. The zero-order chi connectivity index (χ0) is 12.6. The smallest absolute Gasteiger partial charge is 0.341 e. The number of aromatic nitrogens is 1. The molecule has 0 aliphatic heterocycles. The molecule has 0 amide bonds. The van der Waals surface area contributed by atoms with Crippen LogP contribution in [0.15, 0.2) is 18.3 Å². The van der Waals surface area contributed by atoms with Gasteiger partial charge >= 0.3 is 5.97 Å². The molecule has 6 heteroatoms. The topological polar surface area (TPSA) is 65.2 Å². The number of nitrogen functional groups attached to an aromatic ring is 1. The molecule has 1 heterocycles. The number of carbonyl (C=O) groups excluding carboxylic acids is 1. The lowest BCUT2D eigenvalue weighted by molar-refractivity contribution is 0.0601. The van der Waals surface area contributed by atoms with Crippen molar-refractivity contribution in [2.75, 3.05) is 12.8 Å². The van der Waals surface area contributed by atoms with Crippen molar-refractivity contribution < 1.29 is 18.3 Å². The largest absolute Gasteiger partial charge is 0.465 e. The summed E-state index contributed by atoms with van der Waals surface area (Å²) in [5.41, 5.74) is 5.89. The zero-order valence-electron chi connectivity index (χ0n) is 8.83. The zero-order valence-corrected chi connectivity index (χ0v) is 8.83. The van der Waals surface area contributed by atoms with Gasteiger partial charge in [0.1, 0.15) is 5.56 Å². The van der Waals surface area contributed by atoms with Crippen molar-refractivity contribution in [3.8, 4) is 0 Å². The first kappa shape index (κ1) is 11.3. The van der Waals surface area contributed by atoms with Crippen molar-refractivity contribution in [2.45, 2.75) is 0 Å². The summed E-state index contributed by atoms with van der Waals surface area (Å²) in [6.07, 6.45) is 1.17. The standard InChI is InChI=1S/C11H8F2N2O2/c1-17-11(16)6-4-15-9-3-8(13)7(12)2-5(9)10(6)14/h2-4H,1H3,(H2,14,15). The molecular formula is C11H8F2N2O2. The molecule has 0 spiro atoms. The third-order valence-electron chi connectivity index (χ3n) is 2.36. The molecule has 0 aliphatic rings. The molecule has 4 nitrogen and oxygen atoms in total. The molecule has 0 fully saturated rings. The quantitative estimate of drug-likeness (QED) is 0.770. The summed E-state index contributed by atoms with van der Waals surface area (Å²) in [6.45, 7) is 0. The lowest BCUT2D eigenvalue weighted by Gasteiger charge is -2.07. The fraction of sp³-hybridized carbons (Fsp3) is 0.0909. The molecule has 2 rings (SSSR count). The summed E-state index contributed by atoms with van der Waals surface area (Å²) in [5, 5.41) is 0.173. The maximum Gasteiger partial charge on any atom is 0.341 e. The Morgan fingerprint density at radius 1 is 1.35 bits per heavy atom. The highest BCUT2D eigenvalue weighted by Gasteiger charge is 2.15. The lowest BCUT2D eigenvalue weighted by Crippen LogP contribution is -2.07. The van der Waals surface area contributed by atoms with Gasteiger partial charge in [-0.1, -0.05) is 0 Å². The normalized spacial score (nSPS) is 10.5. The van der Waals surface area contributed by atoms with E-state index in [1.54, 1.807) is 0 Å². The number of nitrogens with zero attached hydrogens (tertiary/aromatic N) is 1. The maximum atomic E-state index is 13.1. The van der Waals surface area contributed by atoms with Crippen molar-refractivity contribution in [3.63, 3.8) is 0 Å². The first-order chi connectivity index (χ1) is 8.04. The van der Waals surface area contributed by atoms with E-state index in [1.807, 2.05) is 0 Å². The number of pyridine rings is 1. The highest BCUT2D eigenvalue weighted by molar-refractivity contribution is 6.03. The summed E-state index contributed by atoms with van der Waals surface area (Å²) in [7, 11) is 1.19. The minimum atomic E-state index is -1.05. The molecule has 0 aliphatic carbocycles. The van der Waals surface area contributed by atoms with Crippen LogP contribution >= 0.6 is 0 Å². The van der Waals surface area contributed by atoms with Crippen LogP contribution in [0.5, 0.6) is 0 Å². The Morgan fingerprint density at radius 3 is 2.65 bits per heavy atom. The number of hydrogen-bond acceptors (Lipinski definition) is 4. The molecule has 0 saturated carbocycles. The SMILES string of the molecule is COC(=O)c1cnc2cc(F)c(F)cc2c1N. The summed E-state index contributed by atoms with van der Waals surface area (Å²) >= 11 is 0. The van der Waals surface area contributed by atoms with Gasteiger partial charge in [0.05, 0.1) is 18.3 Å². The van der Waals surface area contributed by atoms with E-state index in [1.165, 1.54) is 13.3 Å². The number of nitrogens with two attached hydrogens (primary N) is 1. The van der Waals surface area contributed by atoms with Crippen LogP contribution in [0, 0.1) is 11.6 Å². The van der Waals surface area contributed by atoms with Crippen LogP contribution in [0.4, 0.5) is 14.5 Å². The van der Waals surface area contributed by atoms with Gasteiger partial charge in [0, 0.05) is 17.6 Å². The van der Waals surface area contributed by atoms with Crippen LogP contribution in [0.1, 0.15) is 10.4 Å². The number of halogens is 2. The number of esters is 1. The molecule has 88 valence electrons. The van der Waals surface area contributed by atoms with E-state index in [0.29, 0.717) is 0 Å². The second-order valence-electron chi connectivity index (χ2n) is 3.36. The molecular weight excluding hydrogens is 230 g/mol. The number of methoxy groups -OCH3 is 1. The minimum absolute atomic E-state index is 0.0146. The van der Waals surface area contributed by atoms with E-state index in [9.17, 15) is 13.6 Å². The van der Waals surface area contributed by atoms with Crippen LogP contribution in [0.25, 0.3) is 10.9 Å². The van der Waals surface area contributed by atoms with E-state index in [4.69, 9.17) is 5.73 Å². The van der Waals surface area contributed by atoms with Gasteiger partial charge < -0.3 is 10.5 Å². The predicted octanol–water partition coefficient (Wildman–Crippen LogP) is 1.88. The molecule has 0 unspecified atom stereocenters. The van der Waals surface area contributed by atoms with Gasteiger partial charge in [-0.3, -0.25) is 4.98 Å². The van der Waals surface area contributed by atoms with Crippen LogP contribution in [0.2, 0.25) is 0 Å². The Morgan fingerprint density at radius 2 is 2.00 bits per heavy atom. The van der Waals surface area contributed by atoms with Crippen LogP contribution < -0.4 is 5.73 Å². The third kappa shape index (κ3) is 1.77. The monoisotopic (exact) mass is 238 g/mol. The Labute approximate surface area is 95.0 Å². The van der Waals surface area contributed by atoms with Gasteiger partial charge in [0.25, 0.3) is 0 Å². The number of anilines is 1. The van der Waals surface area contributed by atoms with Gasteiger partial charge in [0.2, 0.25) is 0 Å². The van der Waals surface area contributed by atoms with Crippen molar-refractivity contribution in [1.82, 2.24) is 4.98 Å². The van der Waals surface area contributed by atoms with E-state index in [-0.39, 0.29) is 22.2 Å². The summed E-state index contributed by atoms with van der Waals surface area (Å²) in [4.78, 5) is 15.1. The Hall–Kier alpha value is -2.24. The van der Waals surface area contributed by atoms with Gasteiger partial charge in [-0.2, -0.15) is 0 Å². The van der Waals surface area contributed by atoms with Crippen LogP contribution in [-0.2, 0) is 4.74 Å². The molecule has 0 saturated heterocycles. The molecule has 2 aromatic rings. The lowest BCUT2D eigenvalue weighted by atomic mass is 10.1. The minimum Gasteiger partial charge on any atom is -0.465 e. The Bertz CT molecular complexity index is 614. The number of ether oxygens (including phenoxy) is 1. The van der Waals surface area contributed by atoms with E-state index in [0.717, 1.165) is 12.1 Å². The summed E-state index contributed by atoms with van der Waals surface area (Å²) in [6, 6.07) is 1.82. The third-order valence-corrected chi connectivity index (χ3v) is 2.36. The van der Waals surface area contributed by atoms with Crippen LogP contribution in [-0.4, -0.2) is 18.1 Å². The highest BCUT2D eigenvalue weighted by Crippen LogP contribution is 2.25. The molecule has 0 radical (unpaired) electrons. The molecule has 1 aromatic heterocycles. The van der Waals surface area contributed by atoms with E-state index >= 15 is 0 Å². The molecule has 17 heavy (non-hydrogen) atoms. The van der Waals surface area contributed by atoms with E-state index < -0.39 is 17.6 Å². The fourth-order valence-electron chi connectivity index (χ4n) is 1.48. The number of carbonyl (C=O) groups is 1. The predicted molar refractivity (Wildman–Crippen MR) is 57.4 cm³/mol. The summed E-state index contributed by atoms with van der Waals surface area (Å²) < 4.78 is 30.5. The molecule has 0 atom stereocenters. The van der Waals surface area contributed by atoms with Crippen molar-refractivity contribution >= 4 is 22.6 Å². The average Bonchev–Trinajstić information content (AvgIpc) is 2.31. The number of benzene rings is 1. The number of hydrogen-bond donors (Lipinski definition) is 1. The molecule has 2 N–H and O–H groups in total. The van der Waals surface area contributed by atoms with Gasteiger partial charge in [-0.25, -0.2) is 13.6 Å². The van der Waals surface area contributed by atoms with Crippen molar-refractivity contribution in [2.24, 2.45) is 0 Å². The van der Waals surface area contributed by atoms with Gasteiger partial charge in [-0.15, -0.1) is 0 Å². The van der Waals surface area contributed by atoms with Crippen molar-refractivity contribution in [1.29, 1.82) is 0 Å². The second-order valence-corrected chi connectivity index (χ2v) is 3.36. The van der Waals surface area contributed by atoms with Crippen molar-refractivity contribution in [3.05, 3.63) is 35.5 Å². The highest BCUT2D eigenvalue weighted by atomic mass is 19.2. The summed E-state index contributed by atoms with van der Waals surface area (Å²) in [5.74, 6) is -2.75. The Balaban J connectivity index is 2.75. The first-order valence-corrected chi connectivity index (χ1v) is 4.66. The average molecular weight is 238 g/mol. The molecule has 1 aromatic carbocycles. The maximum absolute atomic E-state index is 13.1. The van der Waals surface area contributed by atoms with Gasteiger partial charge in [0.15, 0.2) is 11.6 Å². The first-order valence-electron chi connectivity index (χ1n) is 4.66. The van der Waals surface area contributed by atoms with E-state index in [2.05, 4.69) is 9.72 Å². The molecule has 0 bridgehead atoms.